The molecule has 0 spiro atoms. The van der Waals surface area contributed by atoms with Crippen molar-refractivity contribution in [3.63, 3.8) is 0 Å². The lowest BCUT2D eigenvalue weighted by Gasteiger charge is -2.25. The van der Waals surface area contributed by atoms with Crippen LogP contribution in [0.5, 0.6) is 0 Å². The van der Waals surface area contributed by atoms with Gasteiger partial charge in [-0.05, 0) is 52.3 Å². The Balaban J connectivity index is 2.22. The van der Waals surface area contributed by atoms with E-state index in [1.54, 1.807) is 0 Å². The second-order valence-electron chi connectivity index (χ2n) is 4.19. The number of allylic oxidation sites excluding steroid dienone is 2. The van der Waals surface area contributed by atoms with Crippen molar-refractivity contribution in [2.24, 2.45) is 0 Å². The molecule has 0 atom stereocenters. The van der Waals surface area contributed by atoms with Crippen LogP contribution >= 0.6 is 0 Å². The maximum atomic E-state index is 3.37. The molecule has 0 bridgehead atoms. The molecule has 1 rings (SSSR count). The van der Waals surface area contributed by atoms with E-state index in [1.807, 2.05) is 0 Å². The molecule has 3 nitrogen and oxygen atoms in total. The number of rotatable bonds is 6. The van der Waals surface area contributed by atoms with Gasteiger partial charge in [0, 0.05) is 18.8 Å². The summed E-state index contributed by atoms with van der Waals surface area (Å²) in [7, 11) is 4.24. The summed E-state index contributed by atoms with van der Waals surface area (Å²) >= 11 is 0. The van der Waals surface area contributed by atoms with Gasteiger partial charge in [0.1, 0.15) is 0 Å². The van der Waals surface area contributed by atoms with Crippen molar-refractivity contribution in [2.45, 2.75) is 13.3 Å². The number of hydrogen-bond acceptors (Lipinski definition) is 3. The molecule has 3 heteroatoms. The molecule has 1 heterocycles. The standard InChI is InChI=1S/C12H23N3/c1-4-13-12-7-5-9-15(11-12)10-6-8-14(2)3/h5,7,9,13H,4,6,8,10-11H2,1-3H3. The van der Waals surface area contributed by atoms with Crippen molar-refractivity contribution < 1.29 is 0 Å². The topological polar surface area (TPSA) is 18.5 Å². The summed E-state index contributed by atoms with van der Waals surface area (Å²) < 4.78 is 0. The van der Waals surface area contributed by atoms with Gasteiger partial charge in [-0.15, -0.1) is 0 Å². The Hall–Kier alpha value is -0.960. The van der Waals surface area contributed by atoms with Crippen LogP contribution in [-0.2, 0) is 0 Å². The molecule has 1 N–H and O–H groups in total. The highest BCUT2D eigenvalue weighted by molar-refractivity contribution is 5.17. The molecule has 0 aromatic heterocycles. The average Bonchev–Trinajstić information content (AvgIpc) is 2.18. The normalized spacial score (nSPS) is 15.7. The third-order valence-electron chi connectivity index (χ3n) is 2.42. The summed E-state index contributed by atoms with van der Waals surface area (Å²) in [4.78, 5) is 4.59. The Bertz CT molecular complexity index is 231. The van der Waals surface area contributed by atoms with Crippen LogP contribution in [0.2, 0.25) is 0 Å². The number of hydrogen-bond donors (Lipinski definition) is 1. The number of likely N-dealkylation sites (N-methyl/N-ethyl adjacent to an activating group) is 1. The molecule has 15 heavy (non-hydrogen) atoms. The van der Waals surface area contributed by atoms with Gasteiger partial charge in [-0.2, -0.15) is 0 Å². The van der Waals surface area contributed by atoms with Gasteiger partial charge in [-0.3, -0.25) is 0 Å². The first-order valence-corrected chi connectivity index (χ1v) is 5.72. The predicted molar refractivity (Wildman–Crippen MR) is 65.6 cm³/mol. The van der Waals surface area contributed by atoms with Gasteiger partial charge in [-0.1, -0.05) is 0 Å². The smallest absolute Gasteiger partial charge is 0.0571 e. The second-order valence-corrected chi connectivity index (χ2v) is 4.19. The van der Waals surface area contributed by atoms with Gasteiger partial charge in [0.15, 0.2) is 0 Å². The van der Waals surface area contributed by atoms with Crippen LogP contribution in [0.1, 0.15) is 13.3 Å². The van der Waals surface area contributed by atoms with E-state index < -0.39 is 0 Å². The fourth-order valence-corrected chi connectivity index (χ4v) is 1.69. The minimum atomic E-state index is 1.01. The van der Waals surface area contributed by atoms with Crippen LogP contribution in [-0.4, -0.2) is 50.1 Å². The van der Waals surface area contributed by atoms with Crippen molar-refractivity contribution in [2.75, 3.05) is 40.3 Å². The summed E-state index contributed by atoms with van der Waals surface area (Å²) in [5, 5.41) is 3.37. The van der Waals surface area contributed by atoms with Crippen LogP contribution < -0.4 is 5.32 Å². The molecular weight excluding hydrogens is 186 g/mol. The van der Waals surface area contributed by atoms with Crippen LogP contribution in [0.15, 0.2) is 24.0 Å². The van der Waals surface area contributed by atoms with Crippen molar-refractivity contribution in [3.8, 4) is 0 Å². The van der Waals surface area contributed by atoms with Crippen molar-refractivity contribution in [1.82, 2.24) is 15.1 Å². The first-order valence-electron chi connectivity index (χ1n) is 5.72. The Kier molecular flexibility index (Phi) is 5.26. The molecule has 0 radical (unpaired) electrons. The molecule has 1 aliphatic heterocycles. The van der Waals surface area contributed by atoms with Gasteiger partial charge in [-0.25, -0.2) is 0 Å². The van der Waals surface area contributed by atoms with Crippen molar-refractivity contribution >= 4 is 0 Å². The Morgan fingerprint density at radius 3 is 2.93 bits per heavy atom. The lowest BCUT2D eigenvalue weighted by molar-refractivity contribution is 0.335. The fraction of sp³-hybridized carbons (Fsp3) is 0.667. The zero-order chi connectivity index (χ0) is 11.1. The van der Waals surface area contributed by atoms with Crippen LogP contribution in [0.25, 0.3) is 0 Å². The zero-order valence-corrected chi connectivity index (χ0v) is 10.2. The average molecular weight is 209 g/mol. The Labute approximate surface area is 93.4 Å². The molecule has 0 amide bonds. The minimum absolute atomic E-state index is 1.01. The molecule has 1 aliphatic rings. The summed E-state index contributed by atoms with van der Waals surface area (Å²) in [6.45, 7) is 6.46. The van der Waals surface area contributed by atoms with Gasteiger partial charge >= 0.3 is 0 Å². The van der Waals surface area contributed by atoms with Crippen LogP contribution in [0.4, 0.5) is 0 Å². The first-order chi connectivity index (χ1) is 7.22. The molecule has 86 valence electrons. The summed E-state index contributed by atoms with van der Waals surface area (Å²) in [5.41, 5.74) is 1.32. The molecule has 0 fully saturated rings. The van der Waals surface area contributed by atoms with E-state index in [0.717, 1.165) is 26.2 Å². The number of nitrogens with one attached hydrogen (secondary N) is 1. The second kappa shape index (κ2) is 6.51. The quantitative estimate of drug-likeness (QED) is 0.710. The van der Waals surface area contributed by atoms with E-state index >= 15 is 0 Å². The molecule has 0 aromatic carbocycles. The van der Waals surface area contributed by atoms with Gasteiger partial charge in [0.2, 0.25) is 0 Å². The number of nitrogens with zero attached hydrogens (tertiary/aromatic N) is 2. The van der Waals surface area contributed by atoms with E-state index in [1.165, 1.54) is 12.1 Å². The zero-order valence-electron chi connectivity index (χ0n) is 10.2. The molecule has 0 saturated heterocycles. The van der Waals surface area contributed by atoms with Crippen molar-refractivity contribution in [1.29, 1.82) is 0 Å². The summed E-state index contributed by atoms with van der Waals surface area (Å²) in [6.07, 6.45) is 7.68. The third kappa shape index (κ3) is 4.88. The fourth-order valence-electron chi connectivity index (χ4n) is 1.69. The minimum Gasteiger partial charge on any atom is -0.387 e. The monoisotopic (exact) mass is 209 g/mol. The molecule has 0 aliphatic carbocycles. The van der Waals surface area contributed by atoms with Gasteiger partial charge < -0.3 is 15.1 Å². The maximum absolute atomic E-state index is 3.37. The Morgan fingerprint density at radius 2 is 2.27 bits per heavy atom. The maximum Gasteiger partial charge on any atom is 0.0571 e. The van der Waals surface area contributed by atoms with E-state index in [2.05, 4.69) is 54.5 Å². The SMILES string of the molecule is CCNC1=CC=CN(CCCN(C)C)C1. The van der Waals surface area contributed by atoms with E-state index in [4.69, 9.17) is 0 Å². The summed E-state index contributed by atoms with van der Waals surface area (Å²) in [6, 6.07) is 0. The highest BCUT2D eigenvalue weighted by Gasteiger charge is 2.05. The highest BCUT2D eigenvalue weighted by Crippen LogP contribution is 2.05. The van der Waals surface area contributed by atoms with Gasteiger partial charge in [0.05, 0.1) is 6.54 Å². The lowest BCUT2D eigenvalue weighted by atomic mass is 10.2. The molecule has 0 aromatic rings. The summed E-state index contributed by atoms with van der Waals surface area (Å²) in [5.74, 6) is 0. The molecular formula is C12H23N3. The molecule has 0 unspecified atom stereocenters. The largest absolute Gasteiger partial charge is 0.387 e. The van der Waals surface area contributed by atoms with E-state index in [-0.39, 0.29) is 0 Å². The third-order valence-corrected chi connectivity index (χ3v) is 2.42. The first kappa shape index (κ1) is 12.1. The lowest BCUT2D eigenvalue weighted by Crippen LogP contribution is -2.30. The predicted octanol–water partition coefficient (Wildman–Crippen LogP) is 1.26. The van der Waals surface area contributed by atoms with Crippen LogP contribution in [0.3, 0.4) is 0 Å². The van der Waals surface area contributed by atoms with Crippen molar-refractivity contribution in [3.05, 3.63) is 24.0 Å². The van der Waals surface area contributed by atoms with Gasteiger partial charge in [0.25, 0.3) is 0 Å². The van der Waals surface area contributed by atoms with E-state index in [0.29, 0.717) is 0 Å². The Morgan fingerprint density at radius 1 is 1.47 bits per heavy atom. The molecule has 0 saturated carbocycles. The highest BCUT2D eigenvalue weighted by atomic mass is 15.1. The van der Waals surface area contributed by atoms with E-state index in [9.17, 15) is 0 Å². The van der Waals surface area contributed by atoms with Crippen LogP contribution in [0, 0.1) is 0 Å².